The van der Waals surface area contributed by atoms with E-state index in [0.29, 0.717) is 18.2 Å². The summed E-state index contributed by atoms with van der Waals surface area (Å²) >= 11 is 0. The van der Waals surface area contributed by atoms with Crippen molar-refractivity contribution in [1.82, 2.24) is 10.6 Å². The summed E-state index contributed by atoms with van der Waals surface area (Å²) in [5.41, 5.74) is 1.96. The first-order valence-electron chi connectivity index (χ1n) is 13.5. The Bertz CT molecular complexity index is 1470. The molecule has 1 aromatic rings. The molecule has 0 bridgehead atoms. The number of nitrogens with zero attached hydrogens (tertiary/aromatic N) is 2. The minimum atomic E-state index is -0.621. The van der Waals surface area contributed by atoms with Crippen molar-refractivity contribution in [2.75, 3.05) is 6.61 Å². The van der Waals surface area contributed by atoms with E-state index in [1.807, 2.05) is 31.2 Å². The van der Waals surface area contributed by atoms with Crippen LogP contribution in [0.3, 0.4) is 0 Å². The van der Waals surface area contributed by atoms with Crippen molar-refractivity contribution in [3.8, 4) is 5.75 Å². The Morgan fingerprint density at radius 3 is 2.85 bits per heavy atom. The molecule has 3 atom stereocenters. The van der Waals surface area contributed by atoms with E-state index in [2.05, 4.69) is 20.9 Å². The van der Waals surface area contributed by atoms with Gasteiger partial charge in [-0.15, -0.1) is 0 Å². The molecule has 1 fully saturated rings. The second-order valence-corrected chi connectivity index (χ2v) is 9.98. The zero-order valence-electron chi connectivity index (χ0n) is 21.9. The number of phenolic OH excluding ortho intramolecular Hbond substituents is 1. The Morgan fingerprint density at radius 2 is 2.00 bits per heavy atom. The van der Waals surface area contributed by atoms with Crippen LogP contribution in [0.4, 0.5) is 5.69 Å². The van der Waals surface area contributed by atoms with Gasteiger partial charge in [0.2, 0.25) is 5.91 Å². The van der Waals surface area contributed by atoms with Crippen LogP contribution in [0.2, 0.25) is 0 Å². The van der Waals surface area contributed by atoms with Gasteiger partial charge < -0.3 is 20.5 Å². The first kappa shape index (κ1) is 26.3. The maximum Gasteiger partial charge on any atom is 0.315 e. The maximum absolute atomic E-state index is 13.3. The minimum absolute atomic E-state index is 0.0617. The molecule has 0 saturated carbocycles. The quantitative estimate of drug-likeness (QED) is 0.271. The Balaban J connectivity index is 1.41. The highest BCUT2D eigenvalue weighted by molar-refractivity contribution is 5.99. The van der Waals surface area contributed by atoms with E-state index >= 15 is 0 Å². The van der Waals surface area contributed by atoms with Crippen LogP contribution in [-0.2, 0) is 14.3 Å². The van der Waals surface area contributed by atoms with Crippen molar-refractivity contribution in [3.63, 3.8) is 0 Å². The second kappa shape index (κ2) is 11.6. The molecule has 2 amide bonds. The number of allylic oxidation sites excluding steroid dienone is 3. The van der Waals surface area contributed by atoms with Gasteiger partial charge in [-0.05, 0) is 42.5 Å². The molecule has 202 valence electrons. The first-order valence-corrected chi connectivity index (χ1v) is 13.5. The van der Waals surface area contributed by atoms with Crippen molar-refractivity contribution >= 4 is 35.6 Å². The van der Waals surface area contributed by atoms with E-state index in [1.165, 1.54) is 0 Å². The molecule has 0 aromatic heterocycles. The number of phenols is 1. The SMILES string of the molecule is CCCCOC(=O)C1C=CC=CC1N=Nc1c(O)c(C(=O)NC2C=C3CC(=O)NC3=CC2)cc2c1=CCCC=2. The van der Waals surface area contributed by atoms with Gasteiger partial charge >= 0.3 is 5.97 Å². The summed E-state index contributed by atoms with van der Waals surface area (Å²) in [5, 5.41) is 27.3. The van der Waals surface area contributed by atoms with Gasteiger partial charge in [-0.25, -0.2) is 0 Å². The first-order chi connectivity index (χ1) is 18.9. The summed E-state index contributed by atoms with van der Waals surface area (Å²) in [5.74, 6) is -1.76. The van der Waals surface area contributed by atoms with Crippen LogP contribution in [0, 0.1) is 5.92 Å². The summed E-state index contributed by atoms with van der Waals surface area (Å²) in [6.07, 6.45) is 18.9. The van der Waals surface area contributed by atoms with E-state index in [0.717, 1.165) is 42.2 Å². The smallest absolute Gasteiger partial charge is 0.315 e. The van der Waals surface area contributed by atoms with E-state index in [-0.39, 0.29) is 41.3 Å². The molecule has 1 aromatic carbocycles. The highest BCUT2D eigenvalue weighted by Gasteiger charge is 2.29. The molecular formula is C30H32N4O5. The zero-order chi connectivity index (χ0) is 27.4. The fourth-order valence-corrected chi connectivity index (χ4v) is 5.06. The van der Waals surface area contributed by atoms with Crippen molar-refractivity contribution in [3.05, 3.63) is 69.8 Å². The number of rotatable bonds is 8. The largest absolute Gasteiger partial charge is 0.505 e. The third-order valence-electron chi connectivity index (χ3n) is 7.15. The number of aromatic hydroxyl groups is 1. The van der Waals surface area contributed by atoms with Gasteiger partial charge in [0.05, 0.1) is 24.6 Å². The van der Waals surface area contributed by atoms with Gasteiger partial charge in [0.15, 0.2) is 5.75 Å². The fourth-order valence-electron chi connectivity index (χ4n) is 5.06. The molecule has 4 aliphatic rings. The molecule has 9 heteroatoms. The lowest BCUT2D eigenvalue weighted by molar-refractivity contribution is -0.147. The summed E-state index contributed by atoms with van der Waals surface area (Å²) in [7, 11) is 0. The summed E-state index contributed by atoms with van der Waals surface area (Å²) in [4.78, 5) is 37.7. The molecule has 39 heavy (non-hydrogen) atoms. The summed E-state index contributed by atoms with van der Waals surface area (Å²) < 4.78 is 5.40. The van der Waals surface area contributed by atoms with E-state index in [4.69, 9.17) is 4.74 Å². The number of nitrogens with one attached hydrogen (secondary N) is 2. The topological polar surface area (TPSA) is 129 Å². The maximum atomic E-state index is 13.3. The van der Waals surface area contributed by atoms with Gasteiger partial charge in [-0.3, -0.25) is 14.4 Å². The molecule has 3 unspecified atom stereocenters. The van der Waals surface area contributed by atoms with Crippen LogP contribution in [0.15, 0.2) is 64.0 Å². The third kappa shape index (κ3) is 5.77. The van der Waals surface area contributed by atoms with Gasteiger partial charge in [-0.1, -0.05) is 62.0 Å². The average molecular weight is 529 g/mol. The number of carbonyl (C=O) groups is 3. The number of amides is 2. The third-order valence-corrected chi connectivity index (χ3v) is 7.15. The van der Waals surface area contributed by atoms with Crippen LogP contribution in [0.25, 0.3) is 12.2 Å². The molecule has 1 saturated heterocycles. The van der Waals surface area contributed by atoms with Crippen molar-refractivity contribution < 1.29 is 24.2 Å². The number of unbranched alkanes of at least 4 members (excludes halogenated alkanes) is 1. The fraction of sp³-hybridized carbons (Fsp3) is 0.367. The number of azo groups is 1. The number of fused-ring (bicyclic) bond motifs is 2. The molecule has 1 aliphatic heterocycles. The standard InChI is InChI=1S/C30H32N4O5/c1-2-3-14-39-30(38)22-10-6-7-11-25(22)33-34-27-21-9-5-4-8-18(21)16-23(28(27)36)29(37)31-20-12-13-24-19(15-20)17-26(35)32-24/h6-11,13,15-16,20,22,25,36H,2-5,12,14,17H2,1H3,(H,31,37)(H,32,35). The second-order valence-electron chi connectivity index (χ2n) is 9.98. The van der Waals surface area contributed by atoms with Gasteiger partial charge in [0.25, 0.3) is 5.91 Å². The molecule has 5 rings (SSSR count). The Hall–Kier alpha value is -4.27. The highest BCUT2D eigenvalue weighted by atomic mass is 16.5. The van der Waals surface area contributed by atoms with E-state index in [9.17, 15) is 19.5 Å². The van der Waals surface area contributed by atoms with Crippen molar-refractivity contribution in [1.29, 1.82) is 0 Å². The van der Waals surface area contributed by atoms with Gasteiger partial charge in [0.1, 0.15) is 17.6 Å². The number of benzene rings is 1. The monoisotopic (exact) mass is 528 g/mol. The minimum Gasteiger partial charge on any atom is -0.505 e. The van der Waals surface area contributed by atoms with Gasteiger partial charge in [-0.2, -0.15) is 10.2 Å². The molecular weight excluding hydrogens is 496 g/mol. The van der Waals surface area contributed by atoms with Crippen LogP contribution in [0.5, 0.6) is 5.75 Å². The molecule has 0 radical (unpaired) electrons. The number of esters is 1. The molecule has 1 heterocycles. The van der Waals surface area contributed by atoms with Crippen LogP contribution in [-0.4, -0.2) is 41.6 Å². The number of ether oxygens (including phenoxy) is 1. The van der Waals surface area contributed by atoms with Crippen molar-refractivity contribution in [2.24, 2.45) is 16.1 Å². The molecule has 3 N–H and O–H groups in total. The molecule has 3 aliphatic carbocycles. The Morgan fingerprint density at radius 1 is 1.18 bits per heavy atom. The number of hydrogen-bond acceptors (Lipinski definition) is 7. The lowest BCUT2D eigenvalue weighted by Crippen LogP contribution is -2.36. The van der Waals surface area contributed by atoms with Crippen molar-refractivity contribution in [2.45, 2.75) is 57.5 Å². The summed E-state index contributed by atoms with van der Waals surface area (Å²) in [6, 6.07) is 0.768. The highest BCUT2D eigenvalue weighted by Crippen LogP contribution is 2.29. The van der Waals surface area contributed by atoms with Crippen LogP contribution < -0.4 is 21.1 Å². The summed E-state index contributed by atoms with van der Waals surface area (Å²) in [6.45, 7) is 2.38. The number of carbonyl (C=O) groups excluding carboxylic acids is 3. The Labute approximate surface area is 226 Å². The lowest BCUT2D eigenvalue weighted by atomic mass is 9.96. The Kier molecular flexibility index (Phi) is 7.86. The van der Waals surface area contributed by atoms with E-state index in [1.54, 1.807) is 30.4 Å². The average Bonchev–Trinajstić information content (AvgIpc) is 3.31. The lowest BCUT2D eigenvalue weighted by Gasteiger charge is -2.20. The predicted molar refractivity (Wildman–Crippen MR) is 146 cm³/mol. The number of hydrogen-bond donors (Lipinski definition) is 3. The normalized spacial score (nSPS) is 23.1. The van der Waals surface area contributed by atoms with Crippen LogP contribution >= 0.6 is 0 Å². The molecule has 9 nitrogen and oxygen atoms in total. The zero-order valence-corrected chi connectivity index (χ0v) is 21.9. The van der Waals surface area contributed by atoms with Gasteiger partial charge in [0, 0.05) is 10.9 Å². The molecule has 0 spiro atoms. The van der Waals surface area contributed by atoms with Crippen LogP contribution in [0.1, 0.15) is 55.8 Å². The van der Waals surface area contributed by atoms with E-state index < -0.39 is 17.9 Å². The predicted octanol–water partition coefficient (Wildman–Crippen LogP) is 3.12.